The van der Waals surface area contributed by atoms with Gasteiger partial charge in [0.05, 0.1) is 48.4 Å². The minimum absolute atomic E-state index is 0. The Bertz CT molecular complexity index is 3750. The van der Waals surface area contributed by atoms with Crippen LogP contribution in [0.2, 0.25) is 0 Å². The van der Waals surface area contributed by atoms with Crippen molar-refractivity contribution in [2.45, 2.75) is 52.5 Å². The Labute approximate surface area is 444 Å². The molecule has 75 heavy (non-hydrogen) atoms. The second kappa shape index (κ2) is 21.4. The molecule has 4 aliphatic rings. The zero-order valence-electron chi connectivity index (χ0n) is 40.7. The van der Waals surface area contributed by atoms with Crippen LogP contribution in [-0.2, 0) is 7.05 Å². The first-order valence-corrected chi connectivity index (χ1v) is 26.5. The number of piperidine rings is 1. The van der Waals surface area contributed by atoms with Crippen LogP contribution in [0.5, 0.6) is 0 Å². The van der Waals surface area contributed by atoms with Crippen LogP contribution < -0.4 is 31.9 Å². The van der Waals surface area contributed by atoms with Crippen molar-refractivity contribution in [3.05, 3.63) is 132 Å². The molecular formula is C51H55N21S3. The second-order valence-corrected chi connectivity index (χ2v) is 20.7. The zero-order valence-corrected chi connectivity index (χ0v) is 43.1. The monoisotopic (exact) mass is 1060 g/mol. The number of fused-ring (bicyclic) bond motifs is 3. The van der Waals surface area contributed by atoms with Crippen molar-refractivity contribution in [3.8, 4) is 11.1 Å². The molecule has 0 aromatic carbocycles. The lowest BCUT2D eigenvalue weighted by molar-refractivity contribution is 0.455. The van der Waals surface area contributed by atoms with E-state index in [9.17, 15) is 0 Å². The van der Waals surface area contributed by atoms with Crippen LogP contribution in [0.1, 0.15) is 60.8 Å². The predicted octanol–water partition coefficient (Wildman–Crippen LogP) is 8.87. The quantitative estimate of drug-likeness (QED) is 0.0813. The molecule has 24 heteroatoms. The minimum Gasteiger partial charge on any atom is -0.353 e. The third-order valence-electron chi connectivity index (χ3n) is 12.8. The molecule has 6 N–H and O–H groups in total. The summed E-state index contributed by atoms with van der Waals surface area (Å²) in [7, 11) is 1.90. The van der Waals surface area contributed by atoms with E-state index in [1.165, 1.54) is 45.9 Å². The fraction of sp³-hybridized carbons (Fsp3) is 0.275. The summed E-state index contributed by atoms with van der Waals surface area (Å²) in [4.78, 5) is 20.3. The summed E-state index contributed by atoms with van der Waals surface area (Å²) in [5, 5.41) is 34.5. The highest BCUT2D eigenvalue weighted by Crippen LogP contribution is 2.34. The molecule has 21 nitrogen and oxygen atoms in total. The van der Waals surface area contributed by atoms with Crippen LogP contribution in [0.25, 0.3) is 39.2 Å². The lowest BCUT2D eigenvalue weighted by Crippen LogP contribution is -2.56. The molecule has 382 valence electrons. The maximum atomic E-state index is 5.97. The molecule has 0 saturated carbocycles. The molecule has 0 amide bonds. The molecule has 0 bridgehead atoms. The Hall–Kier alpha value is -8.03. The fourth-order valence-corrected chi connectivity index (χ4v) is 11.2. The number of allylic oxidation sites excluding steroid dienone is 5. The molecular weight excluding hydrogens is 1000 g/mol. The Morgan fingerprint density at radius 3 is 1.87 bits per heavy atom. The lowest BCUT2D eigenvalue weighted by atomic mass is 9.95. The molecule has 14 rings (SSSR count). The van der Waals surface area contributed by atoms with Crippen LogP contribution in [0.15, 0.2) is 109 Å². The summed E-state index contributed by atoms with van der Waals surface area (Å²) >= 11 is 4.37. The Balaban J connectivity index is 0.000000121. The van der Waals surface area contributed by atoms with Gasteiger partial charge in [-0.05, 0) is 117 Å². The first-order valence-electron chi connectivity index (χ1n) is 24.2. The Morgan fingerprint density at radius 1 is 0.680 bits per heavy atom. The van der Waals surface area contributed by atoms with Gasteiger partial charge in [0.2, 0.25) is 0 Å². The van der Waals surface area contributed by atoms with E-state index in [2.05, 4.69) is 105 Å². The van der Waals surface area contributed by atoms with Gasteiger partial charge < -0.3 is 31.9 Å². The molecule has 13 heterocycles. The van der Waals surface area contributed by atoms with E-state index in [1.54, 1.807) is 10.9 Å². The van der Waals surface area contributed by atoms with E-state index < -0.39 is 0 Å². The number of nitrogens with two attached hydrogens (primary N) is 1. The summed E-state index contributed by atoms with van der Waals surface area (Å²) in [5.41, 5.74) is 17.9. The topological polar surface area (TPSA) is 237 Å². The van der Waals surface area contributed by atoms with Crippen molar-refractivity contribution in [2.75, 3.05) is 53.6 Å². The highest BCUT2D eigenvalue weighted by molar-refractivity contribution is 7.10. The predicted molar refractivity (Wildman–Crippen MR) is 302 cm³/mol. The van der Waals surface area contributed by atoms with Crippen molar-refractivity contribution in [3.63, 3.8) is 0 Å². The first kappa shape index (κ1) is 49.2. The number of nitrogens with one attached hydrogen (secondary N) is 4. The highest BCUT2D eigenvalue weighted by atomic mass is 32.1. The maximum absolute atomic E-state index is 5.97. The summed E-state index contributed by atoms with van der Waals surface area (Å²) in [6.45, 7) is 8.44. The van der Waals surface area contributed by atoms with E-state index in [-0.39, 0.29) is 13.5 Å². The van der Waals surface area contributed by atoms with Gasteiger partial charge in [-0.1, -0.05) is 31.7 Å². The number of aryl methyl sites for hydroxylation is 3. The minimum atomic E-state index is 0. The van der Waals surface area contributed by atoms with Crippen molar-refractivity contribution in [1.29, 1.82) is 0 Å². The van der Waals surface area contributed by atoms with Gasteiger partial charge in [-0.2, -0.15) is 47.1 Å². The van der Waals surface area contributed by atoms with Crippen LogP contribution in [0, 0.1) is 13.8 Å². The Kier molecular flexibility index (Phi) is 14.1. The zero-order chi connectivity index (χ0) is 50.1. The molecule has 2 fully saturated rings. The van der Waals surface area contributed by atoms with E-state index in [0.717, 1.165) is 146 Å². The van der Waals surface area contributed by atoms with Gasteiger partial charge in [0.1, 0.15) is 38.3 Å². The molecule has 2 saturated heterocycles. The normalized spacial score (nSPS) is 15.3. The fourth-order valence-electron chi connectivity index (χ4n) is 9.12. The van der Waals surface area contributed by atoms with E-state index in [1.807, 2.05) is 108 Å². The van der Waals surface area contributed by atoms with Crippen LogP contribution in [0.4, 0.5) is 38.3 Å². The lowest BCUT2D eigenvalue weighted by Gasteiger charge is -2.38. The van der Waals surface area contributed by atoms with Crippen molar-refractivity contribution in [1.82, 2.24) is 72.0 Å². The molecule has 0 atom stereocenters. The van der Waals surface area contributed by atoms with Gasteiger partial charge in [0.25, 0.3) is 0 Å². The summed E-state index contributed by atoms with van der Waals surface area (Å²) in [5.74, 6) is 4.06. The number of hydrogen-bond acceptors (Lipinski definition) is 20. The van der Waals surface area contributed by atoms with E-state index in [4.69, 9.17) is 10.7 Å². The van der Waals surface area contributed by atoms with Crippen LogP contribution >= 0.6 is 34.6 Å². The third-order valence-corrected chi connectivity index (χ3v) is 15.2. The van der Waals surface area contributed by atoms with Gasteiger partial charge in [-0.3, -0.25) is 9.67 Å². The second-order valence-electron chi connectivity index (χ2n) is 18.2. The number of nitrogens with zero attached hydrogens (tertiary/aromatic N) is 16. The van der Waals surface area contributed by atoms with Crippen molar-refractivity contribution < 1.29 is 0 Å². The number of anilines is 7. The van der Waals surface area contributed by atoms with Crippen molar-refractivity contribution >= 4 is 107 Å². The van der Waals surface area contributed by atoms with Crippen LogP contribution in [-0.4, -0.2) is 112 Å². The SMILES string of the molecule is C.C1=NCC=C1c1cnn2c(Nc3cc(C4CCNCC4)ns3)ccnc12.Cc1cc(Nc2cc(N3CC(N)C3)nc3c(-c4cnn(C)c4)cnn23)sn1.Cc1cc(Nc2ccnc3c(C4=CCC=C4)cnn23)sn1. The smallest absolute Gasteiger partial charge is 0.167 e. The molecule has 10 aromatic rings. The van der Waals surface area contributed by atoms with E-state index in [0.29, 0.717) is 5.92 Å². The summed E-state index contributed by atoms with van der Waals surface area (Å²) < 4.78 is 20.5. The average molecular weight is 1060 g/mol. The number of rotatable bonds is 11. The molecule has 10 aromatic heterocycles. The number of aliphatic imine (C=N–C) groups is 1. The molecule has 0 spiro atoms. The van der Waals surface area contributed by atoms with Gasteiger partial charge in [0, 0.05) is 90.8 Å². The average Bonchev–Trinajstić information content (AvgIpc) is 4.24. The molecule has 3 aliphatic heterocycles. The maximum Gasteiger partial charge on any atom is 0.167 e. The molecule has 0 unspecified atom stereocenters. The summed E-state index contributed by atoms with van der Waals surface area (Å²) in [6.07, 6.45) is 26.6. The largest absolute Gasteiger partial charge is 0.353 e. The Morgan fingerprint density at radius 2 is 1.29 bits per heavy atom. The first-order chi connectivity index (χ1) is 36.3. The number of hydrogen-bond donors (Lipinski definition) is 5. The van der Waals surface area contributed by atoms with Gasteiger partial charge >= 0.3 is 0 Å². The van der Waals surface area contributed by atoms with Gasteiger partial charge in [-0.25, -0.2) is 15.0 Å². The standard InChI is InChI=1S/C18H19N7S.C17H19N9S.C15H13N5S.CH4/c1-5-19-6-2-12(1)15-9-17(26-24-15)23-16-4-8-21-18-14(11-22-25(16)18)13-3-7-20-10-13;1-10-3-16(27-23-10)21-15-4-14(25-8-12(18)9-25)22-17-13(6-20-26(15)17)11-5-19-24(2)7-11;1-10-8-14(21-19-10)18-13-6-7-16-15-12(9-17-20(13)15)11-4-2-3-5-11;/h3-4,8-12,19,23H,1-2,5-7H2;3-7,12,21H,8-9,18H2,1-2H3;2,4-9,18H,3H2,1H3;1H4. The molecule has 0 radical (unpaired) electrons. The van der Waals surface area contributed by atoms with Gasteiger partial charge in [0.15, 0.2) is 16.9 Å². The third kappa shape index (κ3) is 10.4. The highest BCUT2D eigenvalue weighted by Gasteiger charge is 2.27. The summed E-state index contributed by atoms with van der Waals surface area (Å²) in [6, 6.07) is 12.3. The van der Waals surface area contributed by atoms with Crippen LogP contribution in [0.3, 0.4) is 0 Å². The number of aromatic nitrogens is 14. The van der Waals surface area contributed by atoms with E-state index >= 15 is 0 Å². The van der Waals surface area contributed by atoms with Crippen molar-refractivity contribution in [2.24, 2.45) is 17.8 Å². The van der Waals surface area contributed by atoms with Gasteiger partial charge in [-0.15, -0.1) is 0 Å². The molecule has 1 aliphatic carbocycles.